The number of methoxy groups -OCH3 is 1. The van der Waals surface area contributed by atoms with E-state index in [2.05, 4.69) is 5.32 Å². The van der Waals surface area contributed by atoms with Crippen LogP contribution in [-0.4, -0.2) is 13.0 Å². The number of hydrogen-bond acceptors (Lipinski definition) is 3. The average Bonchev–Trinajstić information content (AvgIpc) is 3.08. The Hall–Kier alpha value is -2.43. The van der Waals surface area contributed by atoms with E-state index in [1.54, 1.807) is 36.4 Å². The smallest absolute Gasteiger partial charge is 0.291 e. The van der Waals surface area contributed by atoms with Crippen molar-refractivity contribution in [1.82, 2.24) is 0 Å². The number of ether oxygens (including phenoxy) is 1. The van der Waals surface area contributed by atoms with Gasteiger partial charge in [-0.05, 0) is 48.9 Å². The number of anilines is 1. The van der Waals surface area contributed by atoms with Crippen LogP contribution in [0.1, 0.15) is 16.1 Å². The lowest BCUT2D eigenvalue weighted by molar-refractivity contribution is 0.0997. The Bertz CT molecular complexity index is 934. The molecule has 4 nitrogen and oxygen atoms in total. The van der Waals surface area contributed by atoms with Gasteiger partial charge in [0.1, 0.15) is 11.5 Å². The maximum atomic E-state index is 12.4. The molecule has 128 valence electrons. The van der Waals surface area contributed by atoms with Gasteiger partial charge in [0.15, 0.2) is 5.76 Å². The van der Waals surface area contributed by atoms with Gasteiger partial charge < -0.3 is 14.5 Å². The molecule has 2 aromatic carbocycles. The second-order valence-corrected chi connectivity index (χ2v) is 6.27. The zero-order valence-electron chi connectivity index (χ0n) is 13.6. The zero-order chi connectivity index (χ0) is 18.0. The van der Waals surface area contributed by atoms with E-state index in [1.807, 2.05) is 19.1 Å². The second-order valence-electron chi connectivity index (χ2n) is 5.43. The number of rotatable bonds is 4. The van der Waals surface area contributed by atoms with E-state index >= 15 is 0 Å². The van der Waals surface area contributed by atoms with Crippen LogP contribution in [0, 0.1) is 6.92 Å². The first-order valence-electron chi connectivity index (χ1n) is 7.49. The third-order valence-corrected chi connectivity index (χ3v) is 4.34. The highest BCUT2D eigenvalue weighted by atomic mass is 35.5. The van der Waals surface area contributed by atoms with Gasteiger partial charge >= 0.3 is 0 Å². The predicted octanol–water partition coefficient (Wildman–Crippen LogP) is 5.82. The molecule has 0 bridgehead atoms. The Morgan fingerprint density at radius 1 is 1.08 bits per heavy atom. The summed E-state index contributed by atoms with van der Waals surface area (Å²) >= 11 is 12.1. The molecule has 1 amide bonds. The van der Waals surface area contributed by atoms with E-state index in [0.717, 1.165) is 11.1 Å². The summed E-state index contributed by atoms with van der Waals surface area (Å²) in [6.45, 7) is 1.92. The van der Waals surface area contributed by atoms with Gasteiger partial charge in [-0.2, -0.15) is 0 Å². The van der Waals surface area contributed by atoms with E-state index in [0.29, 0.717) is 27.2 Å². The molecule has 1 N–H and O–H groups in total. The van der Waals surface area contributed by atoms with Crippen LogP contribution in [0.25, 0.3) is 11.3 Å². The van der Waals surface area contributed by atoms with Gasteiger partial charge in [0.05, 0.1) is 12.8 Å². The minimum atomic E-state index is -0.398. The Morgan fingerprint density at radius 2 is 1.88 bits per heavy atom. The molecule has 0 saturated heterocycles. The Kier molecular flexibility index (Phi) is 5.02. The van der Waals surface area contributed by atoms with Crippen LogP contribution >= 0.6 is 23.2 Å². The molecular formula is C19H15Cl2NO3. The summed E-state index contributed by atoms with van der Waals surface area (Å²) in [6.07, 6.45) is 0. The molecule has 0 saturated carbocycles. The van der Waals surface area contributed by atoms with Crippen molar-refractivity contribution in [2.75, 3.05) is 12.4 Å². The summed E-state index contributed by atoms with van der Waals surface area (Å²) in [5, 5.41) is 3.87. The Morgan fingerprint density at radius 3 is 2.60 bits per heavy atom. The van der Waals surface area contributed by atoms with Crippen LogP contribution in [0.4, 0.5) is 5.69 Å². The number of carbonyl (C=O) groups is 1. The highest BCUT2D eigenvalue weighted by Gasteiger charge is 2.15. The first kappa shape index (κ1) is 17.4. The molecule has 0 fully saturated rings. The molecule has 1 heterocycles. The maximum absolute atomic E-state index is 12.4. The SMILES string of the molecule is COc1ccc(Cl)cc1NC(=O)c1ccc(-c2ccc(C)c(Cl)c2)o1. The number of furan rings is 1. The summed E-state index contributed by atoms with van der Waals surface area (Å²) in [5.74, 6) is 0.846. The van der Waals surface area contributed by atoms with Crippen LogP contribution in [0.5, 0.6) is 5.75 Å². The van der Waals surface area contributed by atoms with E-state index in [9.17, 15) is 4.79 Å². The number of amides is 1. The van der Waals surface area contributed by atoms with Crippen molar-refractivity contribution in [2.24, 2.45) is 0 Å². The Balaban J connectivity index is 1.83. The highest BCUT2D eigenvalue weighted by molar-refractivity contribution is 6.31. The molecule has 0 radical (unpaired) electrons. The van der Waals surface area contributed by atoms with Crippen molar-refractivity contribution < 1.29 is 13.9 Å². The molecule has 6 heteroatoms. The van der Waals surface area contributed by atoms with Crippen LogP contribution in [0.3, 0.4) is 0 Å². The summed E-state index contributed by atoms with van der Waals surface area (Å²) in [5.41, 5.74) is 2.24. The van der Waals surface area contributed by atoms with E-state index in [1.165, 1.54) is 7.11 Å². The van der Waals surface area contributed by atoms with Crippen LogP contribution < -0.4 is 10.1 Å². The lowest BCUT2D eigenvalue weighted by atomic mass is 10.1. The highest BCUT2D eigenvalue weighted by Crippen LogP contribution is 2.30. The van der Waals surface area contributed by atoms with Crippen molar-refractivity contribution >= 4 is 34.8 Å². The quantitative estimate of drug-likeness (QED) is 0.624. The standard InChI is InChI=1S/C19H15Cl2NO3/c1-11-3-4-12(9-14(11)21)16-7-8-18(25-16)19(23)22-15-10-13(20)5-6-17(15)24-2/h3-10H,1-2H3,(H,22,23). The maximum Gasteiger partial charge on any atom is 0.291 e. The fourth-order valence-corrected chi connectivity index (χ4v) is 2.68. The fraction of sp³-hybridized carbons (Fsp3) is 0.105. The van der Waals surface area contributed by atoms with Crippen LogP contribution in [-0.2, 0) is 0 Å². The van der Waals surface area contributed by atoms with Gasteiger partial charge in [0, 0.05) is 15.6 Å². The summed E-state index contributed by atoms with van der Waals surface area (Å²) in [4.78, 5) is 12.4. The van der Waals surface area contributed by atoms with E-state index in [-0.39, 0.29) is 5.76 Å². The van der Waals surface area contributed by atoms with E-state index < -0.39 is 5.91 Å². The molecule has 3 aromatic rings. The van der Waals surface area contributed by atoms with Gasteiger partial charge in [0.2, 0.25) is 0 Å². The molecule has 25 heavy (non-hydrogen) atoms. The molecule has 0 aliphatic carbocycles. The van der Waals surface area contributed by atoms with E-state index in [4.69, 9.17) is 32.4 Å². The van der Waals surface area contributed by atoms with Crippen molar-refractivity contribution in [1.29, 1.82) is 0 Å². The topological polar surface area (TPSA) is 51.5 Å². The first-order valence-corrected chi connectivity index (χ1v) is 8.25. The van der Waals surface area contributed by atoms with Crippen LogP contribution in [0.2, 0.25) is 10.0 Å². The summed E-state index contributed by atoms with van der Waals surface area (Å²) < 4.78 is 10.9. The van der Waals surface area contributed by atoms with Gasteiger partial charge in [-0.25, -0.2) is 0 Å². The summed E-state index contributed by atoms with van der Waals surface area (Å²) in [7, 11) is 1.52. The molecule has 0 aliphatic heterocycles. The zero-order valence-corrected chi connectivity index (χ0v) is 15.1. The number of aryl methyl sites for hydroxylation is 1. The normalized spacial score (nSPS) is 10.6. The van der Waals surface area contributed by atoms with Crippen molar-refractivity contribution in [3.05, 3.63) is 69.9 Å². The van der Waals surface area contributed by atoms with Gasteiger partial charge in [0.25, 0.3) is 5.91 Å². The lowest BCUT2D eigenvalue weighted by Gasteiger charge is -2.09. The minimum absolute atomic E-state index is 0.175. The number of halogens is 2. The molecule has 1 aromatic heterocycles. The second kappa shape index (κ2) is 7.21. The van der Waals surface area contributed by atoms with Gasteiger partial charge in [-0.3, -0.25) is 4.79 Å². The number of nitrogens with one attached hydrogen (secondary N) is 1. The molecule has 0 atom stereocenters. The fourth-order valence-electron chi connectivity index (χ4n) is 2.32. The third-order valence-electron chi connectivity index (χ3n) is 3.70. The lowest BCUT2D eigenvalue weighted by Crippen LogP contribution is -2.11. The molecule has 3 rings (SSSR count). The average molecular weight is 376 g/mol. The third kappa shape index (κ3) is 3.81. The monoisotopic (exact) mass is 375 g/mol. The molecular weight excluding hydrogens is 361 g/mol. The van der Waals surface area contributed by atoms with Crippen LogP contribution in [0.15, 0.2) is 52.9 Å². The Labute approximate surface area is 155 Å². The van der Waals surface area contributed by atoms with Gasteiger partial charge in [-0.15, -0.1) is 0 Å². The minimum Gasteiger partial charge on any atom is -0.495 e. The first-order chi connectivity index (χ1) is 12.0. The molecule has 0 spiro atoms. The van der Waals surface area contributed by atoms with Crippen molar-refractivity contribution in [2.45, 2.75) is 6.92 Å². The number of carbonyl (C=O) groups excluding carboxylic acids is 1. The largest absolute Gasteiger partial charge is 0.495 e. The molecule has 0 aliphatic rings. The van der Waals surface area contributed by atoms with Gasteiger partial charge in [-0.1, -0.05) is 35.3 Å². The predicted molar refractivity (Wildman–Crippen MR) is 99.8 cm³/mol. The van der Waals surface area contributed by atoms with Crippen molar-refractivity contribution in [3.8, 4) is 17.1 Å². The number of benzene rings is 2. The molecule has 0 unspecified atom stereocenters. The summed E-state index contributed by atoms with van der Waals surface area (Å²) in [6, 6.07) is 13.9. The number of hydrogen-bond donors (Lipinski definition) is 1. The van der Waals surface area contributed by atoms with Crippen molar-refractivity contribution in [3.63, 3.8) is 0 Å².